The second-order valence-corrected chi connectivity index (χ2v) is 7.12. The van der Waals surface area contributed by atoms with Crippen LogP contribution in [0.5, 0.6) is 5.75 Å². The molecule has 0 amide bonds. The molecule has 5 rings (SSSR count). The van der Waals surface area contributed by atoms with Crippen LogP contribution in [0.15, 0.2) is 61.3 Å². The fourth-order valence-electron chi connectivity index (χ4n) is 3.46. The molecule has 150 valence electrons. The first-order valence-electron chi connectivity index (χ1n) is 9.74. The van der Waals surface area contributed by atoms with Gasteiger partial charge in [-0.25, -0.2) is 15.0 Å². The van der Waals surface area contributed by atoms with Crippen LogP contribution in [0.2, 0.25) is 0 Å². The molecule has 0 spiro atoms. The number of rotatable bonds is 4. The normalized spacial score (nSPS) is 12.9. The molecule has 30 heavy (non-hydrogen) atoms. The van der Waals surface area contributed by atoms with Crippen molar-refractivity contribution in [3.8, 4) is 11.4 Å². The summed E-state index contributed by atoms with van der Waals surface area (Å²) in [5, 5.41) is 3.18. The highest BCUT2D eigenvalue weighted by molar-refractivity contribution is 5.70. The van der Waals surface area contributed by atoms with Gasteiger partial charge in [0.2, 0.25) is 5.95 Å². The third-order valence-electron chi connectivity index (χ3n) is 4.97. The largest absolute Gasteiger partial charge is 0.486 e. The molecule has 1 aliphatic rings. The van der Waals surface area contributed by atoms with E-state index >= 15 is 0 Å². The Balaban J connectivity index is 1.41. The van der Waals surface area contributed by atoms with Gasteiger partial charge in [0, 0.05) is 11.9 Å². The predicted octanol–water partition coefficient (Wildman–Crippen LogP) is 3.95. The molecule has 0 saturated heterocycles. The van der Waals surface area contributed by atoms with Gasteiger partial charge in [-0.3, -0.25) is 0 Å². The van der Waals surface area contributed by atoms with Crippen LogP contribution in [0.3, 0.4) is 0 Å². The van der Waals surface area contributed by atoms with Crippen molar-refractivity contribution in [3.63, 3.8) is 0 Å². The minimum absolute atomic E-state index is 0.469. The van der Waals surface area contributed by atoms with Crippen LogP contribution in [0.1, 0.15) is 11.3 Å². The number of imidazole rings is 1. The lowest BCUT2D eigenvalue weighted by molar-refractivity contribution is 0.310. The number of benzene rings is 1. The summed E-state index contributed by atoms with van der Waals surface area (Å²) in [5.41, 5.74) is 4.20. The van der Waals surface area contributed by atoms with Crippen molar-refractivity contribution >= 4 is 23.3 Å². The van der Waals surface area contributed by atoms with Crippen molar-refractivity contribution in [1.82, 2.24) is 24.5 Å². The highest BCUT2D eigenvalue weighted by Crippen LogP contribution is 2.36. The molecular formula is C22H21N7O. The first-order valence-corrected chi connectivity index (χ1v) is 9.74. The Morgan fingerprint density at radius 3 is 2.67 bits per heavy atom. The molecule has 1 aromatic carbocycles. The number of pyridine rings is 1. The molecular weight excluding hydrogens is 378 g/mol. The second-order valence-electron chi connectivity index (χ2n) is 7.12. The minimum atomic E-state index is 0.469. The number of ether oxygens (including phenoxy) is 1. The molecule has 4 aromatic rings. The maximum absolute atomic E-state index is 5.77. The number of aromatic nitrogens is 5. The Labute approximate surface area is 174 Å². The van der Waals surface area contributed by atoms with E-state index in [1.165, 1.54) is 5.56 Å². The summed E-state index contributed by atoms with van der Waals surface area (Å²) in [6, 6.07) is 12.1. The van der Waals surface area contributed by atoms with E-state index in [1.807, 2.05) is 42.0 Å². The van der Waals surface area contributed by atoms with Crippen LogP contribution < -0.4 is 15.0 Å². The first-order chi connectivity index (χ1) is 14.7. The van der Waals surface area contributed by atoms with Gasteiger partial charge in [0.25, 0.3) is 0 Å². The van der Waals surface area contributed by atoms with E-state index in [0.717, 1.165) is 29.4 Å². The maximum Gasteiger partial charge on any atom is 0.230 e. The van der Waals surface area contributed by atoms with E-state index in [4.69, 9.17) is 9.72 Å². The van der Waals surface area contributed by atoms with Gasteiger partial charge in [-0.15, -0.1) is 0 Å². The SMILES string of the molecule is Cc1cn(-c2ccc(Nc3ncc4c(n3)N(c3ccccc3C)CCO4)nc2)cn1. The zero-order valence-electron chi connectivity index (χ0n) is 16.8. The maximum atomic E-state index is 5.77. The summed E-state index contributed by atoms with van der Waals surface area (Å²) in [7, 11) is 0. The monoisotopic (exact) mass is 399 g/mol. The Kier molecular flexibility index (Phi) is 4.51. The van der Waals surface area contributed by atoms with Gasteiger partial charge in [-0.1, -0.05) is 18.2 Å². The molecule has 0 radical (unpaired) electrons. The lowest BCUT2D eigenvalue weighted by Crippen LogP contribution is -2.30. The van der Waals surface area contributed by atoms with Gasteiger partial charge in [0.15, 0.2) is 11.6 Å². The average molecular weight is 399 g/mol. The topological polar surface area (TPSA) is 81.0 Å². The van der Waals surface area contributed by atoms with Crippen LogP contribution in [0.4, 0.5) is 23.3 Å². The Hall–Kier alpha value is -3.94. The van der Waals surface area contributed by atoms with Gasteiger partial charge < -0.3 is 19.5 Å². The van der Waals surface area contributed by atoms with E-state index in [0.29, 0.717) is 24.1 Å². The number of nitrogens with zero attached hydrogens (tertiary/aromatic N) is 6. The Bertz CT molecular complexity index is 1190. The fourth-order valence-corrected chi connectivity index (χ4v) is 3.46. The number of aryl methyl sites for hydroxylation is 2. The number of fused-ring (bicyclic) bond motifs is 1. The molecule has 0 saturated carbocycles. The summed E-state index contributed by atoms with van der Waals surface area (Å²) in [6.07, 6.45) is 7.21. The Morgan fingerprint density at radius 1 is 1.00 bits per heavy atom. The van der Waals surface area contributed by atoms with E-state index in [-0.39, 0.29) is 0 Å². The van der Waals surface area contributed by atoms with Crippen molar-refractivity contribution in [3.05, 3.63) is 72.6 Å². The lowest BCUT2D eigenvalue weighted by atomic mass is 10.1. The van der Waals surface area contributed by atoms with Crippen LogP contribution in [-0.2, 0) is 0 Å². The number of para-hydroxylation sites is 1. The van der Waals surface area contributed by atoms with Gasteiger partial charge >= 0.3 is 0 Å². The molecule has 8 heteroatoms. The van der Waals surface area contributed by atoms with Crippen LogP contribution >= 0.6 is 0 Å². The fraction of sp³-hybridized carbons (Fsp3) is 0.182. The molecule has 0 fully saturated rings. The molecule has 4 heterocycles. The molecule has 0 atom stereocenters. The van der Waals surface area contributed by atoms with Crippen LogP contribution in [0.25, 0.3) is 5.69 Å². The average Bonchev–Trinajstić information content (AvgIpc) is 3.21. The quantitative estimate of drug-likeness (QED) is 0.556. The summed E-state index contributed by atoms with van der Waals surface area (Å²) in [5.74, 6) is 2.55. The third kappa shape index (κ3) is 3.43. The summed E-state index contributed by atoms with van der Waals surface area (Å²) >= 11 is 0. The number of anilines is 4. The molecule has 1 aliphatic heterocycles. The van der Waals surface area contributed by atoms with E-state index in [9.17, 15) is 0 Å². The highest BCUT2D eigenvalue weighted by atomic mass is 16.5. The van der Waals surface area contributed by atoms with E-state index in [2.05, 4.69) is 44.2 Å². The zero-order chi connectivity index (χ0) is 20.5. The van der Waals surface area contributed by atoms with Gasteiger partial charge in [-0.2, -0.15) is 4.98 Å². The predicted molar refractivity (Wildman–Crippen MR) is 115 cm³/mol. The van der Waals surface area contributed by atoms with E-state index < -0.39 is 0 Å². The molecule has 8 nitrogen and oxygen atoms in total. The lowest BCUT2D eigenvalue weighted by Gasteiger charge is -2.31. The zero-order valence-corrected chi connectivity index (χ0v) is 16.8. The molecule has 1 N–H and O–H groups in total. The summed E-state index contributed by atoms with van der Waals surface area (Å²) < 4.78 is 7.70. The Morgan fingerprint density at radius 2 is 1.90 bits per heavy atom. The number of nitrogens with one attached hydrogen (secondary N) is 1. The molecule has 3 aromatic heterocycles. The smallest absolute Gasteiger partial charge is 0.230 e. The first kappa shape index (κ1) is 18.1. The van der Waals surface area contributed by atoms with Gasteiger partial charge in [0.1, 0.15) is 12.4 Å². The van der Waals surface area contributed by atoms with Crippen molar-refractivity contribution in [1.29, 1.82) is 0 Å². The van der Waals surface area contributed by atoms with E-state index in [1.54, 1.807) is 18.7 Å². The van der Waals surface area contributed by atoms with Gasteiger partial charge in [0.05, 0.1) is 36.6 Å². The second kappa shape index (κ2) is 7.47. The molecule has 0 unspecified atom stereocenters. The van der Waals surface area contributed by atoms with Crippen LogP contribution in [-0.4, -0.2) is 37.7 Å². The molecule has 0 bridgehead atoms. The minimum Gasteiger partial charge on any atom is -0.486 e. The molecule has 0 aliphatic carbocycles. The highest BCUT2D eigenvalue weighted by Gasteiger charge is 2.23. The van der Waals surface area contributed by atoms with Crippen molar-refractivity contribution in [2.45, 2.75) is 13.8 Å². The number of hydrogen-bond acceptors (Lipinski definition) is 7. The van der Waals surface area contributed by atoms with Crippen molar-refractivity contribution < 1.29 is 4.74 Å². The standard InChI is InChI=1S/C22H21N7O/c1-15-5-3-4-6-18(15)29-9-10-30-19-12-24-22(27-21(19)29)26-20-8-7-17(11-23-20)28-13-16(2)25-14-28/h3-8,11-14H,9-10H2,1-2H3,(H,23,24,26,27). The summed E-state index contributed by atoms with van der Waals surface area (Å²) in [4.78, 5) is 20.0. The van der Waals surface area contributed by atoms with Crippen LogP contribution in [0, 0.1) is 13.8 Å². The van der Waals surface area contributed by atoms with Crippen molar-refractivity contribution in [2.24, 2.45) is 0 Å². The third-order valence-corrected chi connectivity index (χ3v) is 4.97. The summed E-state index contributed by atoms with van der Waals surface area (Å²) in [6.45, 7) is 5.37. The number of hydrogen-bond donors (Lipinski definition) is 1. The van der Waals surface area contributed by atoms with Gasteiger partial charge in [-0.05, 0) is 37.6 Å². The van der Waals surface area contributed by atoms with Crippen molar-refractivity contribution in [2.75, 3.05) is 23.4 Å².